The maximum absolute atomic E-state index is 5.89. The van der Waals surface area contributed by atoms with Gasteiger partial charge in [0, 0.05) is 13.2 Å². The van der Waals surface area contributed by atoms with E-state index in [-0.39, 0.29) is 0 Å². The van der Waals surface area contributed by atoms with E-state index >= 15 is 0 Å². The predicted octanol–water partition coefficient (Wildman–Crippen LogP) is 5.98. The van der Waals surface area contributed by atoms with Crippen LogP contribution in [0.25, 0.3) is 0 Å². The highest BCUT2D eigenvalue weighted by Gasteiger charge is 2.12. The van der Waals surface area contributed by atoms with Crippen molar-refractivity contribution in [2.75, 3.05) is 13.2 Å². The zero-order chi connectivity index (χ0) is 15.6. The highest BCUT2D eigenvalue weighted by atomic mass is 28.3. The molecule has 0 unspecified atom stereocenters. The molecule has 2 nitrogen and oxygen atoms in total. The molecule has 0 atom stereocenters. The second-order valence-corrected chi connectivity index (χ2v) is 8.24. The Hall–Kier alpha value is 0.137. The highest BCUT2D eigenvalue weighted by Crippen LogP contribution is 2.13. The van der Waals surface area contributed by atoms with E-state index in [9.17, 15) is 0 Å². The normalized spacial score (nSPS) is 11.4. The summed E-state index contributed by atoms with van der Waals surface area (Å²) in [6.07, 6.45) is 16.2. The predicted molar refractivity (Wildman–Crippen MR) is 96.3 cm³/mol. The van der Waals surface area contributed by atoms with Crippen LogP contribution in [0, 0.1) is 0 Å². The van der Waals surface area contributed by atoms with Gasteiger partial charge in [-0.3, -0.25) is 0 Å². The molecule has 0 saturated carbocycles. The summed E-state index contributed by atoms with van der Waals surface area (Å²) in [5, 5.41) is 0. The zero-order valence-corrected chi connectivity index (χ0v) is 16.2. The maximum Gasteiger partial charge on any atom is 0.321 e. The van der Waals surface area contributed by atoms with Gasteiger partial charge in [-0.15, -0.1) is 0 Å². The maximum atomic E-state index is 5.89. The molecule has 0 aromatic heterocycles. The molecule has 0 heterocycles. The van der Waals surface area contributed by atoms with E-state index in [1.165, 1.54) is 70.3 Å². The van der Waals surface area contributed by atoms with Crippen molar-refractivity contribution in [1.29, 1.82) is 0 Å². The fourth-order valence-corrected chi connectivity index (χ4v) is 4.56. The molecule has 0 aliphatic heterocycles. The van der Waals surface area contributed by atoms with Crippen LogP contribution in [0.15, 0.2) is 0 Å². The molecule has 0 aromatic rings. The van der Waals surface area contributed by atoms with Crippen LogP contribution in [0.2, 0.25) is 6.04 Å². The molecule has 0 spiro atoms. The van der Waals surface area contributed by atoms with Gasteiger partial charge in [0.15, 0.2) is 0 Å². The number of unbranched alkanes of at least 4 members (excludes halogenated alkanes) is 9. The van der Waals surface area contributed by atoms with E-state index in [2.05, 4.69) is 20.8 Å². The molecule has 0 aromatic carbocycles. The first-order valence-corrected chi connectivity index (χ1v) is 11.3. The molecule has 0 amide bonds. The summed E-state index contributed by atoms with van der Waals surface area (Å²) in [4.78, 5) is 0. The average molecular weight is 317 g/mol. The lowest BCUT2D eigenvalue weighted by atomic mass is 10.1. The van der Waals surface area contributed by atoms with Crippen LogP contribution in [-0.4, -0.2) is 22.5 Å². The summed E-state index contributed by atoms with van der Waals surface area (Å²) in [6, 6.07) is 1.20. The van der Waals surface area contributed by atoms with E-state index < -0.39 is 9.28 Å². The Morgan fingerprint density at radius 3 is 1.38 bits per heavy atom. The van der Waals surface area contributed by atoms with E-state index in [4.69, 9.17) is 8.85 Å². The Labute approximate surface area is 135 Å². The van der Waals surface area contributed by atoms with Crippen molar-refractivity contribution in [2.45, 2.75) is 104 Å². The van der Waals surface area contributed by atoms with Gasteiger partial charge < -0.3 is 8.85 Å². The van der Waals surface area contributed by atoms with Gasteiger partial charge >= 0.3 is 9.28 Å². The molecule has 0 N–H and O–H groups in total. The van der Waals surface area contributed by atoms with Gasteiger partial charge in [0.05, 0.1) is 0 Å². The Kier molecular flexibility index (Phi) is 18.3. The first-order chi connectivity index (χ1) is 10.3. The minimum atomic E-state index is -1.35. The summed E-state index contributed by atoms with van der Waals surface area (Å²) >= 11 is 0. The Morgan fingerprint density at radius 2 is 0.952 bits per heavy atom. The lowest BCUT2D eigenvalue weighted by Gasteiger charge is -2.16. The molecule has 0 aliphatic rings. The van der Waals surface area contributed by atoms with Crippen LogP contribution in [0.1, 0.15) is 97.8 Å². The van der Waals surface area contributed by atoms with Gasteiger partial charge in [-0.1, -0.05) is 85.0 Å². The number of hydrogen-bond acceptors (Lipinski definition) is 2. The first-order valence-electron chi connectivity index (χ1n) is 9.58. The van der Waals surface area contributed by atoms with Crippen LogP contribution in [0.5, 0.6) is 0 Å². The van der Waals surface area contributed by atoms with Gasteiger partial charge in [0.2, 0.25) is 0 Å². The van der Waals surface area contributed by atoms with Crippen LogP contribution >= 0.6 is 0 Å². The summed E-state index contributed by atoms with van der Waals surface area (Å²) in [7, 11) is -1.35. The number of hydrogen-bond donors (Lipinski definition) is 0. The van der Waals surface area contributed by atoms with Crippen LogP contribution in [0.3, 0.4) is 0 Å². The molecule has 128 valence electrons. The molecule has 21 heavy (non-hydrogen) atoms. The molecular formula is C18H40O2Si. The SMILES string of the molecule is CCCCCCCCCCCC[SiH](OCCC)OCCC. The third kappa shape index (κ3) is 16.3. The zero-order valence-electron chi connectivity index (χ0n) is 15.0. The van der Waals surface area contributed by atoms with Gasteiger partial charge in [-0.25, -0.2) is 0 Å². The van der Waals surface area contributed by atoms with Gasteiger partial charge in [-0.05, 0) is 18.9 Å². The average Bonchev–Trinajstić information content (AvgIpc) is 2.51. The molecule has 3 heteroatoms. The molecule has 0 radical (unpaired) electrons. The first kappa shape index (κ1) is 21.1. The highest BCUT2D eigenvalue weighted by molar-refractivity contribution is 6.44. The van der Waals surface area contributed by atoms with E-state index in [1.54, 1.807) is 0 Å². The second-order valence-electron chi connectivity index (χ2n) is 6.14. The third-order valence-corrected chi connectivity index (χ3v) is 5.90. The standard InChI is InChI=1S/C18H40O2Si/c1-4-7-8-9-10-11-12-13-14-15-18-21(19-16-5-2)20-17-6-3/h21H,4-18H2,1-3H3. The fraction of sp³-hybridized carbons (Fsp3) is 1.00. The van der Waals surface area contributed by atoms with E-state index in [1.807, 2.05) is 0 Å². The summed E-state index contributed by atoms with van der Waals surface area (Å²) in [6.45, 7) is 8.40. The largest absolute Gasteiger partial charge is 0.397 e. The monoisotopic (exact) mass is 316 g/mol. The molecule has 0 aliphatic carbocycles. The molecule has 0 saturated heterocycles. The molecule has 0 rings (SSSR count). The second kappa shape index (κ2) is 18.2. The van der Waals surface area contributed by atoms with Crippen LogP contribution in [0.4, 0.5) is 0 Å². The van der Waals surface area contributed by atoms with E-state index in [0.29, 0.717) is 0 Å². The summed E-state index contributed by atoms with van der Waals surface area (Å²) in [5.41, 5.74) is 0. The van der Waals surface area contributed by atoms with Crippen molar-refractivity contribution in [3.8, 4) is 0 Å². The number of rotatable bonds is 17. The summed E-state index contributed by atoms with van der Waals surface area (Å²) < 4.78 is 11.8. The van der Waals surface area contributed by atoms with Crippen molar-refractivity contribution in [3.63, 3.8) is 0 Å². The minimum absolute atomic E-state index is 0.887. The lowest BCUT2D eigenvalue weighted by Crippen LogP contribution is -2.23. The Balaban J connectivity index is 3.35. The van der Waals surface area contributed by atoms with Gasteiger partial charge in [0.25, 0.3) is 0 Å². The van der Waals surface area contributed by atoms with Gasteiger partial charge in [0.1, 0.15) is 0 Å². The minimum Gasteiger partial charge on any atom is -0.397 e. The molecule has 0 bridgehead atoms. The molecular weight excluding hydrogens is 276 g/mol. The van der Waals surface area contributed by atoms with Crippen LogP contribution in [-0.2, 0) is 8.85 Å². The Bertz CT molecular complexity index is 180. The van der Waals surface area contributed by atoms with Crippen molar-refractivity contribution in [1.82, 2.24) is 0 Å². The van der Waals surface area contributed by atoms with Crippen molar-refractivity contribution in [2.24, 2.45) is 0 Å². The Morgan fingerprint density at radius 1 is 0.524 bits per heavy atom. The van der Waals surface area contributed by atoms with Gasteiger partial charge in [-0.2, -0.15) is 0 Å². The third-order valence-electron chi connectivity index (χ3n) is 3.81. The summed E-state index contributed by atoms with van der Waals surface area (Å²) in [5.74, 6) is 0. The topological polar surface area (TPSA) is 18.5 Å². The lowest BCUT2D eigenvalue weighted by molar-refractivity contribution is 0.195. The van der Waals surface area contributed by atoms with Crippen LogP contribution < -0.4 is 0 Å². The van der Waals surface area contributed by atoms with E-state index in [0.717, 1.165) is 26.1 Å². The quantitative estimate of drug-likeness (QED) is 0.243. The smallest absolute Gasteiger partial charge is 0.321 e. The van der Waals surface area contributed by atoms with Crippen molar-refractivity contribution >= 4 is 9.28 Å². The van der Waals surface area contributed by atoms with Crippen molar-refractivity contribution < 1.29 is 8.85 Å². The molecule has 0 fully saturated rings. The fourth-order valence-electron chi connectivity index (χ4n) is 2.51. The van der Waals surface area contributed by atoms with Crippen molar-refractivity contribution in [3.05, 3.63) is 0 Å².